The Kier molecular flexibility index (Phi) is 4.00. The normalized spacial score (nSPS) is 13.0. The number of benzene rings is 2. The molecule has 3 N–H and O–H groups in total. The van der Waals surface area contributed by atoms with Gasteiger partial charge in [0.15, 0.2) is 5.78 Å². The van der Waals surface area contributed by atoms with E-state index in [1.54, 1.807) is 30.3 Å². The third-order valence-corrected chi connectivity index (χ3v) is 3.70. The first kappa shape index (κ1) is 13.7. The highest BCUT2D eigenvalue weighted by molar-refractivity contribution is 7.52. The lowest BCUT2D eigenvalue weighted by Gasteiger charge is -2.21. The van der Waals surface area contributed by atoms with Crippen molar-refractivity contribution in [1.82, 2.24) is 0 Å². The van der Waals surface area contributed by atoms with E-state index >= 15 is 0 Å². The molecule has 1 atom stereocenters. The standard InChI is InChI=1S/C13H13FNO3P/c14-11-8-6-10(7-9-11)13(19(16,17)18)15-12-4-2-1-3-5-12/h1-9,13,15H,(H2,16,17,18)/t13-/m1/s1. The lowest BCUT2D eigenvalue weighted by molar-refractivity contribution is 0.363. The average Bonchev–Trinajstić information content (AvgIpc) is 2.37. The number of hydrogen-bond acceptors (Lipinski definition) is 2. The van der Waals surface area contributed by atoms with Crippen molar-refractivity contribution < 1.29 is 18.7 Å². The van der Waals surface area contributed by atoms with E-state index in [1.165, 1.54) is 24.3 Å². The predicted octanol–water partition coefficient (Wildman–Crippen LogP) is 3.11. The molecule has 0 aliphatic rings. The minimum atomic E-state index is -4.41. The van der Waals surface area contributed by atoms with Crippen molar-refractivity contribution in [1.29, 1.82) is 0 Å². The fourth-order valence-corrected chi connectivity index (χ4v) is 2.58. The summed E-state index contributed by atoms with van der Waals surface area (Å²) in [7, 11) is -4.41. The van der Waals surface area contributed by atoms with Crippen LogP contribution in [0.2, 0.25) is 0 Å². The van der Waals surface area contributed by atoms with Crippen molar-refractivity contribution in [2.75, 3.05) is 5.32 Å². The molecule has 100 valence electrons. The van der Waals surface area contributed by atoms with E-state index in [2.05, 4.69) is 5.32 Å². The molecule has 0 saturated heterocycles. The monoisotopic (exact) mass is 281 g/mol. The number of nitrogens with one attached hydrogen (secondary N) is 1. The molecule has 2 aromatic rings. The summed E-state index contributed by atoms with van der Waals surface area (Å²) >= 11 is 0. The molecule has 0 unspecified atom stereocenters. The highest BCUT2D eigenvalue weighted by Crippen LogP contribution is 2.51. The molecule has 0 heterocycles. The maximum Gasteiger partial charge on any atom is 0.352 e. The van der Waals surface area contributed by atoms with Gasteiger partial charge in [0.2, 0.25) is 0 Å². The molecule has 0 radical (unpaired) electrons. The van der Waals surface area contributed by atoms with Crippen LogP contribution in [0.3, 0.4) is 0 Å². The zero-order valence-electron chi connectivity index (χ0n) is 9.90. The molecule has 0 aliphatic carbocycles. The first-order valence-corrected chi connectivity index (χ1v) is 7.27. The maximum absolute atomic E-state index is 12.9. The van der Waals surface area contributed by atoms with Gasteiger partial charge in [-0.15, -0.1) is 0 Å². The van der Waals surface area contributed by atoms with E-state index in [1.807, 2.05) is 0 Å². The highest BCUT2D eigenvalue weighted by atomic mass is 31.2. The van der Waals surface area contributed by atoms with Gasteiger partial charge in [0.1, 0.15) is 5.82 Å². The Labute approximate surface area is 110 Å². The van der Waals surface area contributed by atoms with Crippen LogP contribution in [0.4, 0.5) is 10.1 Å². The van der Waals surface area contributed by atoms with E-state index in [-0.39, 0.29) is 0 Å². The molecule has 0 saturated carbocycles. The number of rotatable bonds is 4. The molecule has 0 bridgehead atoms. The van der Waals surface area contributed by atoms with E-state index in [0.717, 1.165) is 0 Å². The van der Waals surface area contributed by atoms with Crippen LogP contribution in [-0.4, -0.2) is 9.79 Å². The largest absolute Gasteiger partial charge is 0.368 e. The second kappa shape index (κ2) is 5.53. The Hall–Kier alpha value is -1.68. The second-order valence-electron chi connectivity index (χ2n) is 4.05. The van der Waals surface area contributed by atoms with Crippen molar-refractivity contribution in [3.63, 3.8) is 0 Å². The molecule has 2 aromatic carbocycles. The Morgan fingerprint density at radius 1 is 1.00 bits per heavy atom. The zero-order valence-corrected chi connectivity index (χ0v) is 10.8. The minimum Gasteiger partial charge on any atom is -0.368 e. The summed E-state index contributed by atoms with van der Waals surface area (Å²) < 4.78 is 24.4. The van der Waals surface area contributed by atoms with Crippen molar-refractivity contribution in [3.8, 4) is 0 Å². The average molecular weight is 281 g/mol. The van der Waals surface area contributed by atoms with Crippen LogP contribution < -0.4 is 5.32 Å². The van der Waals surface area contributed by atoms with E-state index in [9.17, 15) is 18.7 Å². The molecule has 0 amide bonds. The van der Waals surface area contributed by atoms with Gasteiger partial charge in [-0.05, 0) is 29.8 Å². The lowest BCUT2D eigenvalue weighted by atomic mass is 10.2. The van der Waals surface area contributed by atoms with Gasteiger partial charge in [0, 0.05) is 5.69 Å². The molecule has 2 rings (SSSR count). The van der Waals surface area contributed by atoms with Crippen LogP contribution in [0.5, 0.6) is 0 Å². The summed E-state index contributed by atoms with van der Waals surface area (Å²) in [4.78, 5) is 18.8. The van der Waals surface area contributed by atoms with Gasteiger partial charge in [-0.3, -0.25) is 4.57 Å². The fraction of sp³-hybridized carbons (Fsp3) is 0.0769. The van der Waals surface area contributed by atoms with Crippen LogP contribution in [0, 0.1) is 5.82 Å². The third-order valence-electron chi connectivity index (χ3n) is 2.60. The summed E-state index contributed by atoms with van der Waals surface area (Å²) in [5.41, 5.74) is 0.915. The van der Waals surface area contributed by atoms with Crippen molar-refractivity contribution >= 4 is 13.3 Å². The quantitative estimate of drug-likeness (QED) is 0.753. The van der Waals surface area contributed by atoms with Crippen LogP contribution in [0.15, 0.2) is 54.6 Å². The molecule has 19 heavy (non-hydrogen) atoms. The number of halogens is 1. The van der Waals surface area contributed by atoms with Crippen LogP contribution in [0.1, 0.15) is 11.3 Å². The van der Waals surface area contributed by atoms with Gasteiger partial charge in [0.25, 0.3) is 0 Å². The molecule has 0 spiro atoms. The van der Waals surface area contributed by atoms with Crippen LogP contribution >= 0.6 is 7.60 Å². The number of hydrogen-bond donors (Lipinski definition) is 3. The van der Waals surface area contributed by atoms with E-state index < -0.39 is 19.2 Å². The van der Waals surface area contributed by atoms with Crippen LogP contribution in [0.25, 0.3) is 0 Å². The van der Waals surface area contributed by atoms with E-state index in [4.69, 9.17) is 0 Å². The first-order chi connectivity index (χ1) is 8.97. The van der Waals surface area contributed by atoms with Gasteiger partial charge >= 0.3 is 7.60 Å². The molecular weight excluding hydrogens is 268 g/mol. The van der Waals surface area contributed by atoms with Crippen LogP contribution in [-0.2, 0) is 4.57 Å². The number of para-hydroxylation sites is 1. The Morgan fingerprint density at radius 2 is 1.58 bits per heavy atom. The van der Waals surface area contributed by atoms with Gasteiger partial charge in [-0.2, -0.15) is 0 Å². The summed E-state index contributed by atoms with van der Waals surface area (Å²) in [6.45, 7) is 0. The van der Waals surface area contributed by atoms with Crippen molar-refractivity contribution in [3.05, 3.63) is 66.0 Å². The second-order valence-corrected chi connectivity index (χ2v) is 5.75. The molecule has 6 heteroatoms. The Bertz CT molecular complexity index is 583. The SMILES string of the molecule is O=P(O)(O)[C@@H](Nc1ccccc1)c1ccc(F)cc1. The zero-order chi connectivity index (χ0) is 13.9. The third kappa shape index (κ3) is 3.64. The van der Waals surface area contributed by atoms with Gasteiger partial charge in [0.05, 0.1) is 0 Å². The number of anilines is 1. The maximum atomic E-state index is 12.9. The first-order valence-electron chi connectivity index (χ1n) is 5.59. The summed E-state index contributed by atoms with van der Waals surface area (Å²) in [6, 6.07) is 13.8. The fourth-order valence-electron chi connectivity index (χ4n) is 1.70. The Morgan fingerprint density at radius 3 is 2.11 bits per heavy atom. The molecule has 0 aliphatic heterocycles. The molecular formula is C13H13FNO3P. The Balaban J connectivity index is 2.32. The molecule has 4 nitrogen and oxygen atoms in total. The summed E-state index contributed by atoms with van der Waals surface area (Å²) in [5, 5.41) is 2.77. The smallest absolute Gasteiger partial charge is 0.352 e. The van der Waals surface area contributed by atoms with Gasteiger partial charge in [-0.25, -0.2) is 4.39 Å². The molecule has 0 aromatic heterocycles. The summed E-state index contributed by atoms with van der Waals surface area (Å²) in [6.07, 6.45) is 0. The van der Waals surface area contributed by atoms with Gasteiger partial charge < -0.3 is 15.1 Å². The van der Waals surface area contributed by atoms with Crippen molar-refractivity contribution in [2.24, 2.45) is 0 Å². The van der Waals surface area contributed by atoms with Crippen molar-refractivity contribution in [2.45, 2.75) is 5.78 Å². The summed E-state index contributed by atoms with van der Waals surface area (Å²) in [5.74, 6) is -1.65. The topological polar surface area (TPSA) is 69.6 Å². The lowest BCUT2D eigenvalue weighted by Crippen LogP contribution is -2.11. The predicted molar refractivity (Wildman–Crippen MR) is 71.2 cm³/mol. The highest BCUT2D eigenvalue weighted by Gasteiger charge is 2.30. The van der Waals surface area contributed by atoms with Gasteiger partial charge in [-0.1, -0.05) is 30.3 Å². The molecule has 0 fully saturated rings. The van der Waals surface area contributed by atoms with E-state index in [0.29, 0.717) is 11.3 Å². The minimum absolute atomic E-state index is 0.332.